The normalized spacial score (nSPS) is 10.3. The van der Waals surface area contributed by atoms with E-state index in [4.69, 9.17) is 10.5 Å². The van der Waals surface area contributed by atoms with E-state index >= 15 is 0 Å². The van der Waals surface area contributed by atoms with E-state index in [1.54, 1.807) is 6.92 Å². The van der Waals surface area contributed by atoms with Crippen molar-refractivity contribution < 1.29 is 14.3 Å². The Morgan fingerprint density at radius 2 is 2.11 bits per heavy atom. The van der Waals surface area contributed by atoms with Gasteiger partial charge in [0.15, 0.2) is 5.69 Å². The molecule has 0 radical (unpaired) electrons. The first kappa shape index (κ1) is 14.1. The molecule has 0 saturated heterocycles. The molecule has 0 atom stereocenters. The van der Waals surface area contributed by atoms with E-state index in [0.29, 0.717) is 12.3 Å². The van der Waals surface area contributed by atoms with Crippen LogP contribution in [0.15, 0.2) is 0 Å². The average Bonchev–Trinajstić information content (AvgIpc) is 2.67. The molecule has 0 bridgehead atoms. The molecule has 100 valence electrons. The van der Waals surface area contributed by atoms with Crippen LogP contribution >= 0.6 is 0 Å². The molecule has 1 rings (SSSR count). The fourth-order valence-electron chi connectivity index (χ4n) is 1.44. The van der Waals surface area contributed by atoms with Gasteiger partial charge in [-0.2, -0.15) is 0 Å². The van der Waals surface area contributed by atoms with Crippen LogP contribution in [0.5, 0.6) is 0 Å². The van der Waals surface area contributed by atoms with Crippen LogP contribution in [0, 0.1) is 6.92 Å². The maximum Gasteiger partial charge on any atom is 0.327 e. The van der Waals surface area contributed by atoms with Crippen molar-refractivity contribution in [3.8, 4) is 0 Å². The van der Waals surface area contributed by atoms with Crippen molar-refractivity contribution in [3.05, 3.63) is 11.4 Å². The smallest absolute Gasteiger partial charge is 0.327 e. The van der Waals surface area contributed by atoms with Gasteiger partial charge in [-0.15, -0.1) is 5.10 Å². The highest BCUT2D eigenvalue weighted by molar-refractivity contribution is 5.91. The van der Waals surface area contributed by atoms with Gasteiger partial charge in [-0.05, 0) is 13.3 Å². The van der Waals surface area contributed by atoms with Crippen molar-refractivity contribution in [3.63, 3.8) is 0 Å². The predicted molar refractivity (Wildman–Crippen MR) is 63.8 cm³/mol. The number of aromatic nitrogens is 3. The summed E-state index contributed by atoms with van der Waals surface area (Å²) in [4.78, 5) is 22.4. The number of carbonyl (C=O) groups is 2. The van der Waals surface area contributed by atoms with Crippen molar-refractivity contribution in [2.75, 3.05) is 6.61 Å². The van der Waals surface area contributed by atoms with Gasteiger partial charge in [0.1, 0.15) is 6.54 Å². The van der Waals surface area contributed by atoms with Gasteiger partial charge in [-0.25, -0.2) is 4.68 Å². The number of carbonyl (C=O) groups excluding carboxylic acids is 2. The van der Waals surface area contributed by atoms with Crippen LogP contribution in [0.25, 0.3) is 0 Å². The number of rotatable bonds is 7. The van der Waals surface area contributed by atoms with Gasteiger partial charge in [0.25, 0.3) is 5.91 Å². The van der Waals surface area contributed by atoms with E-state index in [1.165, 1.54) is 4.68 Å². The molecule has 0 aromatic carbocycles. The number of ether oxygens (including phenoxy) is 1. The second-order valence-corrected chi connectivity index (χ2v) is 3.97. The Morgan fingerprint density at radius 1 is 1.39 bits per heavy atom. The fourth-order valence-corrected chi connectivity index (χ4v) is 1.44. The summed E-state index contributed by atoms with van der Waals surface area (Å²) in [5, 5.41) is 7.30. The molecule has 2 N–H and O–H groups in total. The lowest BCUT2D eigenvalue weighted by Gasteiger charge is -2.05. The summed E-state index contributed by atoms with van der Waals surface area (Å²) in [6, 6.07) is 0. The molecule has 0 fully saturated rings. The molecule has 7 heteroatoms. The van der Waals surface area contributed by atoms with Crippen LogP contribution in [0.3, 0.4) is 0 Å². The minimum atomic E-state index is -0.657. The number of nitrogens with zero attached hydrogens (tertiary/aromatic N) is 3. The molecule has 0 aliphatic rings. The molecule has 0 saturated carbocycles. The molecule has 18 heavy (non-hydrogen) atoms. The van der Waals surface area contributed by atoms with Gasteiger partial charge in [0.05, 0.1) is 12.3 Å². The molecule has 1 aromatic heterocycles. The van der Waals surface area contributed by atoms with E-state index < -0.39 is 11.9 Å². The molecule has 7 nitrogen and oxygen atoms in total. The average molecular weight is 254 g/mol. The third-order valence-electron chi connectivity index (χ3n) is 2.51. The molecule has 0 aliphatic carbocycles. The summed E-state index contributed by atoms with van der Waals surface area (Å²) in [6.45, 7) is 4.05. The Bertz CT molecular complexity index is 428. The predicted octanol–water partition coefficient (Wildman–Crippen LogP) is 0.419. The Labute approximate surface area is 105 Å². The number of primary amides is 1. The van der Waals surface area contributed by atoms with E-state index in [9.17, 15) is 9.59 Å². The summed E-state index contributed by atoms with van der Waals surface area (Å²) in [5.41, 5.74) is 5.64. The van der Waals surface area contributed by atoms with Gasteiger partial charge in [-0.1, -0.05) is 25.0 Å². The first-order chi connectivity index (χ1) is 8.56. The van der Waals surface area contributed by atoms with Crippen molar-refractivity contribution in [2.45, 2.75) is 39.7 Å². The van der Waals surface area contributed by atoms with Crippen LogP contribution in [0.4, 0.5) is 0 Å². The largest absolute Gasteiger partial charge is 0.464 e. The second kappa shape index (κ2) is 6.73. The molecular weight excluding hydrogens is 236 g/mol. The lowest BCUT2D eigenvalue weighted by Crippen LogP contribution is -2.17. The minimum Gasteiger partial charge on any atom is -0.464 e. The van der Waals surface area contributed by atoms with Crippen LogP contribution in [0.1, 0.15) is 42.4 Å². The quantitative estimate of drug-likeness (QED) is 0.561. The first-order valence-electron chi connectivity index (χ1n) is 5.91. The number of hydrogen-bond acceptors (Lipinski definition) is 5. The second-order valence-electron chi connectivity index (χ2n) is 3.97. The summed E-state index contributed by atoms with van der Waals surface area (Å²) >= 11 is 0. The zero-order chi connectivity index (χ0) is 13.5. The van der Waals surface area contributed by atoms with E-state index in [2.05, 4.69) is 17.2 Å². The van der Waals surface area contributed by atoms with Crippen LogP contribution in [0.2, 0.25) is 0 Å². The van der Waals surface area contributed by atoms with Crippen molar-refractivity contribution >= 4 is 11.9 Å². The van der Waals surface area contributed by atoms with Crippen LogP contribution in [-0.2, 0) is 16.1 Å². The van der Waals surface area contributed by atoms with E-state index in [1.807, 2.05) is 0 Å². The Kier molecular flexibility index (Phi) is 5.29. The zero-order valence-corrected chi connectivity index (χ0v) is 10.7. The van der Waals surface area contributed by atoms with Crippen molar-refractivity contribution in [1.29, 1.82) is 0 Å². The SMILES string of the molecule is CCCCCOC(=O)Cn1nnc(C(N)=O)c1C. The van der Waals surface area contributed by atoms with Crippen LogP contribution < -0.4 is 5.73 Å². The topological polar surface area (TPSA) is 100 Å². The maximum absolute atomic E-state index is 11.5. The Balaban J connectivity index is 2.47. The number of nitrogens with two attached hydrogens (primary N) is 1. The highest BCUT2D eigenvalue weighted by atomic mass is 16.5. The fraction of sp³-hybridized carbons (Fsp3) is 0.636. The number of unbranched alkanes of at least 4 members (excludes halogenated alkanes) is 2. The molecule has 1 aromatic rings. The number of hydrogen-bond donors (Lipinski definition) is 1. The highest BCUT2D eigenvalue weighted by Gasteiger charge is 2.15. The lowest BCUT2D eigenvalue weighted by molar-refractivity contribution is -0.144. The van der Waals surface area contributed by atoms with Gasteiger partial charge >= 0.3 is 5.97 Å². The standard InChI is InChI=1S/C11H18N4O3/c1-3-4-5-6-18-9(16)7-15-8(2)10(11(12)17)13-14-15/h3-7H2,1-2H3,(H2,12,17). The summed E-state index contributed by atoms with van der Waals surface area (Å²) in [5.74, 6) is -1.05. The summed E-state index contributed by atoms with van der Waals surface area (Å²) in [7, 11) is 0. The van der Waals surface area contributed by atoms with Crippen LogP contribution in [-0.4, -0.2) is 33.5 Å². The lowest BCUT2D eigenvalue weighted by atomic mass is 10.3. The van der Waals surface area contributed by atoms with Crippen molar-refractivity contribution in [1.82, 2.24) is 15.0 Å². The summed E-state index contributed by atoms with van der Waals surface area (Å²) in [6.07, 6.45) is 2.95. The zero-order valence-electron chi connectivity index (χ0n) is 10.7. The Hall–Kier alpha value is -1.92. The van der Waals surface area contributed by atoms with Gasteiger partial charge in [-0.3, -0.25) is 9.59 Å². The molecule has 1 amide bonds. The van der Waals surface area contributed by atoms with Gasteiger partial charge in [0.2, 0.25) is 0 Å². The molecule has 0 aliphatic heterocycles. The van der Waals surface area contributed by atoms with Gasteiger partial charge in [0, 0.05) is 0 Å². The van der Waals surface area contributed by atoms with E-state index in [0.717, 1.165) is 19.3 Å². The monoisotopic (exact) mass is 254 g/mol. The van der Waals surface area contributed by atoms with E-state index in [-0.39, 0.29) is 12.2 Å². The summed E-state index contributed by atoms with van der Waals surface area (Å²) < 4.78 is 6.34. The highest BCUT2D eigenvalue weighted by Crippen LogP contribution is 2.03. The molecule has 0 spiro atoms. The third kappa shape index (κ3) is 3.83. The third-order valence-corrected chi connectivity index (χ3v) is 2.51. The first-order valence-corrected chi connectivity index (χ1v) is 5.91. The number of amides is 1. The molecular formula is C11H18N4O3. The maximum atomic E-state index is 11.5. The van der Waals surface area contributed by atoms with Gasteiger partial charge < -0.3 is 10.5 Å². The molecule has 1 heterocycles. The number of esters is 1. The molecule has 0 unspecified atom stereocenters. The Morgan fingerprint density at radius 3 is 2.67 bits per heavy atom. The minimum absolute atomic E-state index is 0.0573. The van der Waals surface area contributed by atoms with Crippen molar-refractivity contribution in [2.24, 2.45) is 5.73 Å².